The van der Waals surface area contributed by atoms with Crippen LogP contribution in [0.5, 0.6) is 5.75 Å². The number of nitrogens with two attached hydrogens (primary N) is 1. The smallest absolute Gasteiger partial charge is 0.135 e. The fourth-order valence-electron chi connectivity index (χ4n) is 1.22. The summed E-state index contributed by atoms with van der Waals surface area (Å²) in [7, 11) is 0. The molecule has 3 heteroatoms. The fourth-order valence-corrected chi connectivity index (χ4v) is 1.22. The average Bonchev–Trinajstić information content (AvgIpc) is 2.34. The third kappa shape index (κ3) is 4.46. The molecule has 92 valence electrons. The summed E-state index contributed by atoms with van der Waals surface area (Å²) >= 11 is 0. The Balaban J connectivity index is 2.82. The largest absolute Gasteiger partial charge is 0.492 e. The van der Waals surface area contributed by atoms with Crippen molar-refractivity contribution < 1.29 is 9.13 Å². The van der Waals surface area contributed by atoms with Crippen LogP contribution in [0.4, 0.5) is 4.39 Å². The second-order valence-corrected chi connectivity index (χ2v) is 3.97. The summed E-state index contributed by atoms with van der Waals surface area (Å²) in [6.45, 7) is 5.07. The summed E-state index contributed by atoms with van der Waals surface area (Å²) in [4.78, 5) is 0. The van der Waals surface area contributed by atoms with Gasteiger partial charge in [0.1, 0.15) is 11.6 Å². The predicted octanol–water partition coefficient (Wildman–Crippen LogP) is 2.56. The lowest BCUT2D eigenvalue weighted by molar-refractivity contribution is 0.255. The molecular formula is C14H18FNO. The van der Waals surface area contributed by atoms with Crippen molar-refractivity contribution in [3.63, 3.8) is 0 Å². The van der Waals surface area contributed by atoms with Gasteiger partial charge in [0.15, 0.2) is 0 Å². The van der Waals surface area contributed by atoms with Crippen molar-refractivity contribution in [1.29, 1.82) is 0 Å². The highest BCUT2D eigenvalue weighted by Gasteiger charge is 2.05. The zero-order valence-electron chi connectivity index (χ0n) is 10.3. The van der Waals surface area contributed by atoms with Gasteiger partial charge in [-0.05, 0) is 24.1 Å². The molecular weight excluding hydrogens is 217 g/mol. The van der Waals surface area contributed by atoms with Gasteiger partial charge in [0, 0.05) is 0 Å². The van der Waals surface area contributed by atoms with E-state index in [1.165, 1.54) is 12.1 Å². The fraction of sp³-hybridized carbons (Fsp3) is 0.429. The van der Waals surface area contributed by atoms with Gasteiger partial charge < -0.3 is 10.5 Å². The highest BCUT2D eigenvalue weighted by molar-refractivity contribution is 5.46. The first-order chi connectivity index (χ1) is 8.17. The maximum Gasteiger partial charge on any atom is 0.135 e. The molecule has 0 bridgehead atoms. The summed E-state index contributed by atoms with van der Waals surface area (Å²) in [5.74, 6) is 6.29. The minimum atomic E-state index is -0.317. The van der Waals surface area contributed by atoms with Crippen molar-refractivity contribution in [3.8, 4) is 17.6 Å². The molecule has 1 rings (SSSR count). The van der Waals surface area contributed by atoms with E-state index < -0.39 is 0 Å². The van der Waals surface area contributed by atoms with Gasteiger partial charge in [0.05, 0.1) is 18.7 Å². The van der Waals surface area contributed by atoms with E-state index in [1.807, 2.05) is 0 Å². The number of hydrogen-bond donors (Lipinski definition) is 1. The SMILES string of the molecule is CCC(C)COc1ccc(F)cc1C#CCN. The molecule has 0 fully saturated rings. The van der Waals surface area contributed by atoms with E-state index in [9.17, 15) is 4.39 Å². The van der Waals surface area contributed by atoms with Crippen molar-refractivity contribution in [3.05, 3.63) is 29.6 Å². The molecule has 0 saturated carbocycles. The van der Waals surface area contributed by atoms with E-state index >= 15 is 0 Å². The third-order valence-electron chi connectivity index (χ3n) is 2.49. The maximum absolute atomic E-state index is 13.1. The van der Waals surface area contributed by atoms with Crippen molar-refractivity contribution in [2.24, 2.45) is 11.7 Å². The number of halogens is 1. The number of rotatable bonds is 4. The van der Waals surface area contributed by atoms with Crippen LogP contribution in [0.1, 0.15) is 25.8 Å². The van der Waals surface area contributed by atoms with Gasteiger partial charge in [-0.15, -0.1) is 0 Å². The standard InChI is InChI=1S/C14H18FNO/c1-3-11(2)10-17-14-7-6-13(15)9-12(14)5-4-8-16/h6-7,9,11H,3,8,10,16H2,1-2H3. The molecule has 17 heavy (non-hydrogen) atoms. The molecule has 1 atom stereocenters. The maximum atomic E-state index is 13.1. The lowest BCUT2D eigenvalue weighted by Gasteiger charge is -2.12. The van der Waals surface area contributed by atoms with Gasteiger partial charge >= 0.3 is 0 Å². The Morgan fingerprint density at radius 2 is 2.24 bits per heavy atom. The highest BCUT2D eigenvalue weighted by Crippen LogP contribution is 2.19. The van der Waals surface area contributed by atoms with Crippen LogP contribution in [0.15, 0.2) is 18.2 Å². The van der Waals surface area contributed by atoms with E-state index in [-0.39, 0.29) is 12.4 Å². The summed E-state index contributed by atoms with van der Waals surface area (Å²) < 4.78 is 18.7. The number of hydrogen-bond acceptors (Lipinski definition) is 2. The Morgan fingerprint density at radius 3 is 2.88 bits per heavy atom. The van der Waals surface area contributed by atoms with Crippen molar-refractivity contribution in [2.45, 2.75) is 20.3 Å². The zero-order chi connectivity index (χ0) is 12.7. The van der Waals surface area contributed by atoms with E-state index in [1.54, 1.807) is 6.07 Å². The molecule has 0 amide bonds. The molecule has 0 aromatic heterocycles. The van der Waals surface area contributed by atoms with Crippen LogP contribution in [0.2, 0.25) is 0 Å². The Hall–Kier alpha value is -1.53. The monoisotopic (exact) mass is 235 g/mol. The van der Waals surface area contributed by atoms with Crippen LogP contribution in [0, 0.1) is 23.6 Å². The van der Waals surface area contributed by atoms with E-state index in [0.717, 1.165) is 6.42 Å². The summed E-state index contributed by atoms with van der Waals surface area (Å²) in [6.07, 6.45) is 1.05. The quantitative estimate of drug-likeness (QED) is 0.814. The van der Waals surface area contributed by atoms with E-state index in [2.05, 4.69) is 25.7 Å². The summed E-state index contributed by atoms with van der Waals surface area (Å²) in [6, 6.07) is 4.35. The first-order valence-electron chi connectivity index (χ1n) is 5.78. The molecule has 1 aromatic rings. The van der Waals surface area contributed by atoms with Crippen LogP contribution in [0.25, 0.3) is 0 Å². The lowest BCUT2D eigenvalue weighted by Crippen LogP contribution is -2.08. The first kappa shape index (κ1) is 13.5. The minimum absolute atomic E-state index is 0.251. The third-order valence-corrected chi connectivity index (χ3v) is 2.49. The van der Waals surface area contributed by atoms with Crippen LogP contribution in [-0.2, 0) is 0 Å². The van der Waals surface area contributed by atoms with Gasteiger partial charge in [0.2, 0.25) is 0 Å². The van der Waals surface area contributed by atoms with Gasteiger partial charge in [-0.1, -0.05) is 32.1 Å². The molecule has 0 saturated heterocycles. The molecule has 0 aliphatic heterocycles. The van der Waals surface area contributed by atoms with Crippen LogP contribution < -0.4 is 10.5 Å². The molecule has 2 N–H and O–H groups in total. The second-order valence-electron chi connectivity index (χ2n) is 3.97. The molecule has 1 unspecified atom stereocenters. The molecule has 0 aliphatic rings. The second kappa shape index (κ2) is 6.93. The van der Waals surface area contributed by atoms with Crippen LogP contribution >= 0.6 is 0 Å². The Bertz CT molecular complexity index is 420. The Kier molecular flexibility index (Phi) is 5.51. The van der Waals surface area contributed by atoms with Gasteiger partial charge in [0.25, 0.3) is 0 Å². The molecule has 0 spiro atoms. The highest BCUT2D eigenvalue weighted by atomic mass is 19.1. The summed E-state index contributed by atoms with van der Waals surface area (Å²) in [5, 5.41) is 0. The summed E-state index contributed by atoms with van der Waals surface area (Å²) in [5.41, 5.74) is 5.85. The normalized spacial score (nSPS) is 11.5. The zero-order valence-corrected chi connectivity index (χ0v) is 10.3. The molecule has 1 aromatic carbocycles. The van der Waals surface area contributed by atoms with Gasteiger partial charge in [-0.2, -0.15) is 0 Å². The van der Waals surface area contributed by atoms with Crippen molar-refractivity contribution in [1.82, 2.24) is 0 Å². The topological polar surface area (TPSA) is 35.2 Å². The molecule has 0 aliphatic carbocycles. The molecule has 0 radical (unpaired) electrons. The van der Waals surface area contributed by atoms with E-state index in [4.69, 9.17) is 10.5 Å². The predicted molar refractivity (Wildman–Crippen MR) is 67.3 cm³/mol. The number of benzene rings is 1. The van der Waals surface area contributed by atoms with Crippen molar-refractivity contribution >= 4 is 0 Å². The van der Waals surface area contributed by atoms with Crippen molar-refractivity contribution in [2.75, 3.05) is 13.2 Å². The van der Waals surface area contributed by atoms with Crippen LogP contribution in [0.3, 0.4) is 0 Å². The van der Waals surface area contributed by atoms with Gasteiger partial charge in [-0.25, -0.2) is 4.39 Å². The Morgan fingerprint density at radius 1 is 1.47 bits per heavy atom. The minimum Gasteiger partial charge on any atom is -0.492 e. The van der Waals surface area contributed by atoms with E-state index in [0.29, 0.717) is 23.8 Å². The molecule has 2 nitrogen and oxygen atoms in total. The Labute approximate surface area is 102 Å². The van der Waals surface area contributed by atoms with Crippen LogP contribution in [-0.4, -0.2) is 13.2 Å². The lowest BCUT2D eigenvalue weighted by atomic mass is 10.1. The van der Waals surface area contributed by atoms with Gasteiger partial charge in [-0.3, -0.25) is 0 Å². The first-order valence-corrected chi connectivity index (χ1v) is 5.78. The average molecular weight is 235 g/mol. The number of ether oxygens (including phenoxy) is 1. The molecule has 0 heterocycles.